The van der Waals surface area contributed by atoms with Crippen LogP contribution in [0.2, 0.25) is 0 Å². The molecule has 98 valence electrons. The second-order valence-corrected chi connectivity index (χ2v) is 4.50. The van der Waals surface area contributed by atoms with E-state index >= 15 is 0 Å². The second kappa shape index (κ2) is 6.05. The molecule has 1 aliphatic heterocycles. The van der Waals surface area contributed by atoms with E-state index in [-0.39, 0.29) is 22.7 Å². The van der Waals surface area contributed by atoms with Crippen LogP contribution in [-0.2, 0) is 0 Å². The summed E-state index contributed by atoms with van der Waals surface area (Å²) in [6.07, 6.45) is 0. The molecule has 18 heavy (non-hydrogen) atoms. The molecule has 0 aliphatic carbocycles. The minimum Gasteiger partial charge on any atom is -0.497 e. The fourth-order valence-corrected chi connectivity index (χ4v) is 2.46. The van der Waals surface area contributed by atoms with Gasteiger partial charge in [-0.05, 0) is 6.07 Å². The lowest BCUT2D eigenvalue weighted by atomic mass is 10.2. The maximum Gasteiger partial charge on any atom is 0.293 e. The van der Waals surface area contributed by atoms with E-state index in [1.54, 1.807) is 17.0 Å². The molecular weight excluding hydrogens is 322 g/mol. The number of anilines is 1. The van der Waals surface area contributed by atoms with Crippen LogP contribution in [0.1, 0.15) is 0 Å². The largest absolute Gasteiger partial charge is 0.497 e. The first kappa shape index (κ1) is 14.8. The summed E-state index contributed by atoms with van der Waals surface area (Å²) in [4.78, 5) is 12.1. The molecule has 0 unspecified atom stereocenters. The highest BCUT2D eigenvalue weighted by Crippen LogP contribution is 2.35. The van der Waals surface area contributed by atoms with Crippen LogP contribution in [0, 0.1) is 15.5 Å². The monoisotopic (exact) mass is 333 g/mol. The number of ether oxygens (including phenoxy) is 1. The van der Waals surface area contributed by atoms with Crippen LogP contribution in [0.25, 0.3) is 0 Å². The maximum atomic E-state index is 10.9. The summed E-state index contributed by atoms with van der Waals surface area (Å²) in [6.45, 7) is 0.609. The van der Waals surface area contributed by atoms with E-state index in [9.17, 15) is 10.1 Å². The number of hydrogen-bond donors (Lipinski definition) is 1. The van der Waals surface area contributed by atoms with Crippen molar-refractivity contribution in [1.82, 2.24) is 0 Å². The van der Waals surface area contributed by atoms with E-state index in [1.165, 1.54) is 24.9 Å². The second-order valence-electron chi connectivity index (χ2n) is 3.42. The van der Waals surface area contributed by atoms with Gasteiger partial charge in [-0.1, -0.05) is 11.8 Å². The van der Waals surface area contributed by atoms with E-state index in [4.69, 9.17) is 10.1 Å². The molecule has 0 radical (unpaired) electrons. The fraction of sp³-hybridized carbons (Fsp3) is 0.300. The summed E-state index contributed by atoms with van der Waals surface area (Å²) in [5.74, 6) is 1.32. The van der Waals surface area contributed by atoms with E-state index in [0.29, 0.717) is 23.1 Å². The van der Waals surface area contributed by atoms with Gasteiger partial charge in [0, 0.05) is 24.4 Å². The number of halogens is 1. The summed E-state index contributed by atoms with van der Waals surface area (Å²) in [7, 11) is 1.51. The lowest BCUT2D eigenvalue weighted by Gasteiger charge is -2.17. The molecule has 6 nitrogen and oxygen atoms in total. The number of nitro benzene ring substituents is 1. The number of rotatable bonds is 3. The number of nitro groups is 1. The summed E-state index contributed by atoms with van der Waals surface area (Å²) in [5.41, 5.74) is 0.419. The number of methoxy groups -OCH3 is 1. The van der Waals surface area contributed by atoms with Gasteiger partial charge in [-0.15, -0.1) is 17.0 Å². The van der Waals surface area contributed by atoms with Crippen LogP contribution in [0.15, 0.2) is 18.2 Å². The first-order chi connectivity index (χ1) is 8.13. The van der Waals surface area contributed by atoms with Crippen LogP contribution in [0.4, 0.5) is 11.4 Å². The predicted octanol–water partition coefficient (Wildman–Crippen LogP) is 2.67. The number of thioether (sulfide) groups is 1. The van der Waals surface area contributed by atoms with Crippen molar-refractivity contribution < 1.29 is 9.66 Å². The highest BCUT2D eigenvalue weighted by atomic mass is 79.9. The fourth-order valence-electron chi connectivity index (χ4n) is 1.64. The Balaban J connectivity index is 0.00000162. The molecule has 1 fully saturated rings. The van der Waals surface area contributed by atoms with Crippen molar-refractivity contribution in [2.24, 2.45) is 0 Å². The molecule has 1 N–H and O–H groups in total. The van der Waals surface area contributed by atoms with Crippen LogP contribution >= 0.6 is 28.7 Å². The van der Waals surface area contributed by atoms with Crippen molar-refractivity contribution in [3.8, 4) is 5.75 Å². The molecule has 1 heterocycles. The van der Waals surface area contributed by atoms with Crippen LogP contribution in [-0.4, -0.2) is 29.5 Å². The average Bonchev–Trinajstić information content (AvgIpc) is 2.74. The lowest BCUT2D eigenvalue weighted by Crippen LogP contribution is -2.23. The van der Waals surface area contributed by atoms with Crippen LogP contribution < -0.4 is 9.64 Å². The standard InChI is InChI=1S/C10H11N3O3S.BrH/c1-16-7-2-3-8(13(14)15)9(6-7)12-4-5-17-10(12)11;/h2-3,6,11H,4-5H2,1H3;1H. The quantitative estimate of drug-likeness (QED) is 0.679. The highest BCUT2D eigenvalue weighted by Gasteiger charge is 2.26. The molecule has 0 amide bonds. The first-order valence-electron chi connectivity index (χ1n) is 4.95. The Morgan fingerprint density at radius 1 is 1.56 bits per heavy atom. The molecule has 1 aromatic rings. The molecule has 0 atom stereocenters. The van der Waals surface area contributed by atoms with Gasteiger partial charge in [0.25, 0.3) is 5.69 Å². The average molecular weight is 334 g/mol. The number of benzene rings is 1. The number of nitrogens with zero attached hydrogens (tertiary/aromatic N) is 2. The van der Waals surface area contributed by atoms with Gasteiger partial charge in [-0.2, -0.15) is 0 Å². The van der Waals surface area contributed by atoms with Crippen LogP contribution in [0.3, 0.4) is 0 Å². The van der Waals surface area contributed by atoms with Gasteiger partial charge in [0.2, 0.25) is 0 Å². The third-order valence-electron chi connectivity index (χ3n) is 2.47. The van der Waals surface area contributed by atoms with Crippen molar-refractivity contribution in [2.45, 2.75) is 0 Å². The maximum absolute atomic E-state index is 10.9. The third kappa shape index (κ3) is 2.75. The SMILES string of the molecule is Br.COc1ccc([N+](=O)[O-])c(N2CCSC2=N)c1. The molecule has 0 aromatic heterocycles. The Kier molecular flexibility index (Phi) is 4.97. The molecule has 0 spiro atoms. The normalized spacial score (nSPS) is 14.3. The van der Waals surface area contributed by atoms with Crippen molar-refractivity contribution >= 4 is 45.3 Å². The zero-order valence-corrected chi connectivity index (χ0v) is 12.1. The molecule has 0 saturated carbocycles. The smallest absolute Gasteiger partial charge is 0.293 e. The molecule has 1 saturated heterocycles. The molecular formula is C10H12BrN3O3S. The van der Waals surface area contributed by atoms with Crippen LogP contribution in [0.5, 0.6) is 5.75 Å². The van der Waals surface area contributed by atoms with Gasteiger partial charge in [-0.25, -0.2) is 0 Å². The molecule has 8 heteroatoms. The van der Waals surface area contributed by atoms with Crippen molar-refractivity contribution in [3.63, 3.8) is 0 Å². The number of amidine groups is 1. The van der Waals surface area contributed by atoms with E-state index in [2.05, 4.69) is 0 Å². The molecule has 0 bridgehead atoms. The van der Waals surface area contributed by atoms with Gasteiger partial charge in [0.1, 0.15) is 11.4 Å². The van der Waals surface area contributed by atoms with Gasteiger partial charge in [0.15, 0.2) is 5.17 Å². The van der Waals surface area contributed by atoms with Gasteiger partial charge in [-0.3, -0.25) is 15.5 Å². The number of hydrogen-bond acceptors (Lipinski definition) is 5. The van der Waals surface area contributed by atoms with Crippen molar-refractivity contribution in [2.75, 3.05) is 24.3 Å². The zero-order chi connectivity index (χ0) is 12.4. The van der Waals surface area contributed by atoms with Gasteiger partial charge < -0.3 is 9.64 Å². The summed E-state index contributed by atoms with van der Waals surface area (Å²) < 4.78 is 5.06. The molecule has 1 aromatic carbocycles. The summed E-state index contributed by atoms with van der Waals surface area (Å²) in [6, 6.07) is 4.55. The topological polar surface area (TPSA) is 79.5 Å². The third-order valence-corrected chi connectivity index (χ3v) is 3.35. The Labute approximate surface area is 119 Å². The van der Waals surface area contributed by atoms with E-state index in [0.717, 1.165) is 5.75 Å². The lowest BCUT2D eigenvalue weighted by molar-refractivity contribution is -0.384. The molecule has 1 aliphatic rings. The Morgan fingerprint density at radius 3 is 2.78 bits per heavy atom. The summed E-state index contributed by atoms with van der Waals surface area (Å²) in [5, 5.41) is 19.0. The minimum atomic E-state index is -0.439. The van der Waals surface area contributed by atoms with E-state index < -0.39 is 4.92 Å². The number of nitrogens with one attached hydrogen (secondary N) is 1. The predicted molar refractivity (Wildman–Crippen MR) is 77.5 cm³/mol. The zero-order valence-electron chi connectivity index (χ0n) is 9.58. The Hall–Kier alpha value is -1.28. The van der Waals surface area contributed by atoms with Crippen molar-refractivity contribution in [1.29, 1.82) is 5.41 Å². The highest BCUT2D eigenvalue weighted by molar-refractivity contribution is 8.93. The Morgan fingerprint density at radius 2 is 2.28 bits per heavy atom. The first-order valence-corrected chi connectivity index (χ1v) is 5.93. The molecule has 2 rings (SSSR count). The Bertz CT molecular complexity index is 483. The van der Waals surface area contributed by atoms with E-state index in [1.807, 2.05) is 0 Å². The summed E-state index contributed by atoms with van der Waals surface area (Å²) >= 11 is 1.38. The van der Waals surface area contributed by atoms with Gasteiger partial charge >= 0.3 is 0 Å². The minimum absolute atomic E-state index is 0. The van der Waals surface area contributed by atoms with Crippen molar-refractivity contribution in [3.05, 3.63) is 28.3 Å². The van der Waals surface area contributed by atoms with Gasteiger partial charge in [0.05, 0.1) is 12.0 Å².